The highest BCUT2D eigenvalue weighted by Gasteiger charge is 2.13. The molecule has 122 valence electrons. The number of para-hydroxylation sites is 1. The zero-order chi connectivity index (χ0) is 17.0. The first-order valence-corrected chi connectivity index (χ1v) is 7.56. The average Bonchev–Trinajstić information content (AvgIpc) is 2.51. The van der Waals surface area contributed by atoms with Gasteiger partial charge in [0.25, 0.3) is 0 Å². The van der Waals surface area contributed by atoms with Gasteiger partial charge in [-0.25, -0.2) is 8.78 Å². The van der Waals surface area contributed by atoms with Crippen LogP contribution in [0.15, 0.2) is 36.4 Å². The molecule has 0 unspecified atom stereocenters. The van der Waals surface area contributed by atoms with Crippen molar-refractivity contribution in [3.8, 4) is 0 Å². The quantitative estimate of drug-likeness (QED) is 0.822. The number of benzene rings is 2. The van der Waals surface area contributed by atoms with E-state index in [0.717, 1.165) is 12.1 Å². The molecule has 23 heavy (non-hydrogen) atoms. The summed E-state index contributed by atoms with van der Waals surface area (Å²) in [6, 6.07) is 8.16. The fourth-order valence-corrected chi connectivity index (χ4v) is 2.44. The van der Waals surface area contributed by atoms with Gasteiger partial charge >= 0.3 is 0 Å². The normalized spacial score (nSPS) is 12.0. The van der Waals surface area contributed by atoms with E-state index in [2.05, 4.69) is 10.6 Å². The first-order valence-electron chi connectivity index (χ1n) is 6.80. The highest BCUT2D eigenvalue weighted by Crippen LogP contribution is 2.29. The Hall–Kier alpha value is -1.69. The van der Waals surface area contributed by atoms with E-state index in [-0.39, 0.29) is 18.5 Å². The molecule has 0 saturated heterocycles. The monoisotopic (exact) mass is 358 g/mol. The van der Waals surface area contributed by atoms with Gasteiger partial charge in [0, 0.05) is 6.04 Å². The molecule has 0 aromatic heterocycles. The van der Waals surface area contributed by atoms with Crippen molar-refractivity contribution in [2.45, 2.75) is 13.0 Å². The Labute approximate surface area is 142 Å². The van der Waals surface area contributed by atoms with Crippen LogP contribution in [0.3, 0.4) is 0 Å². The van der Waals surface area contributed by atoms with Crippen LogP contribution in [0.2, 0.25) is 10.0 Å². The minimum Gasteiger partial charge on any atom is -0.322 e. The molecule has 0 aliphatic rings. The van der Waals surface area contributed by atoms with Crippen molar-refractivity contribution in [2.24, 2.45) is 0 Å². The first-order chi connectivity index (χ1) is 10.9. The largest absolute Gasteiger partial charge is 0.322 e. The van der Waals surface area contributed by atoms with Gasteiger partial charge in [0.2, 0.25) is 5.91 Å². The van der Waals surface area contributed by atoms with Crippen LogP contribution in [0.4, 0.5) is 14.5 Å². The van der Waals surface area contributed by atoms with Crippen LogP contribution in [-0.4, -0.2) is 12.5 Å². The molecule has 0 bridgehead atoms. The van der Waals surface area contributed by atoms with Gasteiger partial charge < -0.3 is 10.6 Å². The molecule has 3 nitrogen and oxygen atoms in total. The summed E-state index contributed by atoms with van der Waals surface area (Å²) < 4.78 is 26.1. The average molecular weight is 359 g/mol. The molecule has 7 heteroatoms. The van der Waals surface area contributed by atoms with Crippen molar-refractivity contribution < 1.29 is 13.6 Å². The Morgan fingerprint density at radius 1 is 1.13 bits per heavy atom. The molecule has 0 radical (unpaired) electrons. The van der Waals surface area contributed by atoms with E-state index >= 15 is 0 Å². The van der Waals surface area contributed by atoms with Crippen molar-refractivity contribution in [1.82, 2.24) is 5.32 Å². The van der Waals surface area contributed by atoms with E-state index in [1.807, 2.05) is 0 Å². The predicted octanol–water partition coefficient (Wildman–Crippen LogP) is 4.56. The van der Waals surface area contributed by atoms with E-state index < -0.39 is 11.6 Å². The van der Waals surface area contributed by atoms with Gasteiger partial charge in [-0.05, 0) is 36.8 Å². The maximum Gasteiger partial charge on any atom is 0.238 e. The molecule has 0 spiro atoms. The fraction of sp³-hybridized carbons (Fsp3) is 0.188. The second-order valence-corrected chi connectivity index (χ2v) is 5.74. The van der Waals surface area contributed by atoms with Crippen molar-refractivity contribution in [2.75, 3.05) is 11.9 Å². The third-order valence-corrected chi connectivity index (χ3v) is 3.87. The van der Waals surface area contributed by atoms with Crippen LogP contribution >= 0.6 is 23.2 Å². The second-order valence-electron chi connectivity index (χ2n) is 4.92. The highest BCUT2D eigenvalue weighted by atomic mass is 35.5. The molecule has 1 atom stereocenters. The number of hydrogen-bond donors (Lipinski definition) is 2. The lowest BCUT2D eigenvalue weighted by atomic mass is 10.1. The van der Waals surface area contributed by atoms with Gasteiger partial charge in [-0.3, -0.25) is 4.79 Å². The van der Waals surface area contributed by atoms with Gasteiger partial charge in [-0.2, -0.15) is 0 Å². The fourth-order valence-electron chi connectivity index (χ4n) is 1.95. The molecule has 0 fully saturated rings. The third-order valence-electron chi connectivity index (χ3n) is 3.24. The van der Waals surface area contributed by atoms with Gasteiger partial charge in [-0.15, -0.1) is 0 Å². The molecule has 1 amide bonds. The lowest BCUT2D eigenvalue weighted by molar-refractivity contribution is -0.115. The van der Waals surface area contributed by atoms with Crippen LogP contribution < -0.4 is 10.6 Å². The zero-order valence-corrected chi connectivity index (χ0v) is 13.7. The molecule has 0 aliphatic heterocycles. The summed E-state index contributed by atoms with van der Waals surface area (Å²) >= 11 is 11.9. The standard InChI is InChI=1S/C16H14Cl2F2N2O/c1-9(10-5-6-13(19)14(20)7-10)21-8-15(23)22-16-11(17)3-2-4-12(16)18/h2-7,9,21H,8H2,1H3,(H,22,23)/t9-/m1/s1. The van der Waals surface area contributed by atoms with Crippen LogP contribution in [0.5, 0.6) is 0 Å². The van der Waals surface area contributed by atoms with Crippen molar-refractivity contribution in [3.05, 3.63) is 63.6 Å². The van der Waals surface area contributed by atoms with Gasteiger partial charge in [0.05, 0.1) is 22.3 Å². The Morgan fingerprint density at radius 3 is 2.39 bits per heavy atom. The number of halogens is 4. The molecular formula is C16H14Cl2F2N2O. The highest BCUT2D eigenvalue weighted by molar-refractivity contribution is 6.39. The smallest absolute Gasteiger partial charge is 0.238 e. The Kier molecular flexibility index (Phi) is 5.93. The van der Waals surface area contributed by atoms with E-state index in [0.29, 0.717) is 21.3 Å². The number of carbonyl (C=O) groups is 1. The zero-order valence-electron chi connectivity index (χ0n) is 12.2. The second kappa shape index (κ2) is 7.73. The van der Waals surface area contributed by atoms with Crippen LogP contribution in [-0.2, 0) is 4.79 Å². The van der Waals surface area contributed by atoms with Crippen LogP contribution in [0, 0.1) is 11.6 Å². The van der Waals surface area contributed by atoms with E-state index in [9.17, 15) is 13.6 Å². The molecule has 2 aromatic rings. The number of rotatable bonds is 5. The number of nitrogens with one attached hydrogen (secondary N) is 2. The third kappa shape index (κ3) is 4.64. The summed E-state index contributed by atoms with van der Waals surface area (Å²) in [7, 11) is 0. The first kappa shape index (κ1) is 17.7. The maximum atomic E-state index is 13.2. The topological polar surface area (TPSA) is 41.1 Å². The minimum atomic E-state index is -0.927. The van der Waals surface area contributed by atoms with Gasteiger partial charge in [0.1, 0.15) is 0 Å². The molecular weight excluding hydrogens is 345 g/mol. The summed E-state index contributed by atoms with van der Waals surface area (Å²) in [5.74, 6) is -2.19. The maximum absolute atomic E-state index is 13.2. The van der Waals surface area contributed by atoms with E-state index in [4.69, 9.17) is 23.2 Å². The van der Waals surface area contributed by atoms with Gasteiger partial charge in [0.15, 0.2) is 11.6 Å². The summed E-state index contributed by atoms with van der Waals surface area (Å²) in [6.07, 6.45) is 0. The molecule has 0 heterocycles. The molecule has 2 rings (SSSR count). The van der Waals surface area contributed by atoms with Crippen LogP contribution in [0.1, 0.15) is 18.5 Å². The van der Waals surface area contributed by atoms with Crippen molar-refractivity contribution >= 4 is 34.8 Å². The lowest BCUT2D eigenvalue weighted by Crippen LogP contribution is -2.30. The van der Waals surface area contributed by atoms with E-state index in [1.54, 1.807) is 25.1 Å². The number of amides is 1. The summed E-state index contributed by atoms with van der Waals surface area (Å²) in [4.78, 5) is 11.9. The molecule has 2 N–H and O–H groups in total. The Balaban J connectivity index is 1.95. The lowest BCUT2D eigenvalue weighted by Gasteiger charge is -2.15. The molecule has 2 aromatic carbocycles. The van der Waals surface area contributed by atoms with E-state index in [1.165, 1.54) is 6.07 Å². The number of carbonyl (C=O) groups excluding carboxylic acids is 1. The van der Waals surface area contributed by atoms with Crippen LogP contribution in [0.25, 0.3) is 0 Å². The predicted molar refractivity (Wildman–Crippen MR) is 87.9 cm³/mol. The number of anilines is 1. The summed E-state index contributed by atoms with van der Waals surface area (Å²) in [5.41, 5.74) is 0.871. The molecule has 0 saturated carbocycles. The summed E-state index contributed by atoms with van der Waals surface area (Å²) in [5, 5.41) is 6.19. The van der Waals surface area contributed by atoms with Crippen molar-refractivity contribution in [1.29, 1.82) is 0 Å². The van der Waals surface area contributed by atoms with Crippen molar-refractivity contribution in [3.63, 3.8) is 0 Å². The number of hydrogen-bond acceptors (Lipinski definition) is 2. The summed E-state index contributed by atoms with van der Waals surface area (Å²) in [6.45, 7) is 1.70. The Bertz CT molecular complexity index is 705. The Morgan fingerprint density at radius 2 is 1.78 bits per heavy atom. The van der Waals surface area contributed by atoms with Gasteiger partial charge in [-0.1, -0.05) is 35.3 Å². The SMILES string of the molecule is C[C@@H](NCC(=O)Nc1c(Cl)cccc1Cl)c1ccc(F)c(F)c1. The minimum absolute atomic E-state index is 0.0400. The molecule has 0 aliphatic carbocycles.